The van der Waals surface area contributed by atoms with Crippen LogP contribution in [0.5, 0.6) is 5.75 Å². The second kappa shape index (κ2) is 7.22. The molecule has 0 aliphatic carbocycles. The third-order valence-corrected chi connectivity index (χ3v) is 3.16. The SMILES string of the molecule is CCC(Oc1cccc(Cl)c1)C(=O)Nc1ccc(F)cc1F. The second-order valence-corrected chi connectivity index (χ2v) is 5.02. The molecule has 0 bridgehead atoms. The maximum atomic E-state index is 13.5. The summed E-state index contributed by atoms with van der Waals surface area (Å²) in [4.78, 5) is 12.1. The Morgan fingerprint density at radius 1 is 1.27 bits per heavy atom. The van der Waals surface area contributed by atoms with Crippen LogP contribution in [0.1, 0.15) is 13.3 Å². The van der Waals surface area contributed by atoms with Crippen LogP contribution in [-0.4, -0.2) is 12.0 Å². The average Bonchev–Trinajstić information content (AvgIpc) is 2.47. The number of hydrogen-bond donors (Lipinski definition) is 1. The number of hydrogen-bond acceptors (Lipinski definition) is 2. The standard InChI is InChI=1S/C16H14ClF2NO2/c1-2-15(22-12-5-3-4-10(17)8-12)16(21)20-14-7-6-11(18)9-13(14)19/h3-9,15H,2H2,1H3,(H,20,21). The highest BCUT2D eigenvalue weighted by Crippen LogP contribution is 2.20. The number of rotatable bonds is 5. The molecule has 0 heterocycles. The van der Waals surface area contributed by atoms with Gasteiger partial charge in [0.2, 0.25) is 0 Å². The van der Waals surface area contributed by atoms with Gasteiger partial charge in [-0.3, -0.25) is 4.79 Å². The van der Waals surface area contributed by atoms with Crippen molar-refractivity contribution in [1.29, 1.82) is 0 Å². The molecule has 0 radical (unpaired) electrons. The van der Waals surface area contributed by atoms with Crippen LogP contribution in [0.15, 0.2) is 42.5 Å². The Kier molecular flexibility index (Phi) is 5.33. The van der Waals surface area contributed by atoms with Crippen LogP contribution in [0, 0.1) is 11.6 Å². The van der Waals surface area contributed by atoms with Crippen LogP contribution < -0.4 is 10.1 Å². The smallest absolute Gasteiger partial charge is 0.265 e. The van der Waals surface area contributed by atoms with Crippen molar-refractivity contribution in [2.45, 2.75) is 19.4 Å². The van der Waals surface area contributed by atoms with Crippen molar-refractivity contribution < 1.29 is 18.3 Å². The van der Waals surface area contributed by atoms with E-state index in [1.54, 1.807) is 31.2 Å². The van der Waals surface area contributed by atoms with E-state index in [4.69, 9.17) is 16.3 Å². The lowest BCUT2D eigenvalue weighted by Gasteiger charge is -2.17. The van der Waals surface area contributed by atoms with E-state index in [0.717, 1.165) is 12.1 Å². The molecule has 1 N–H and O–H groups in total. The van der Waals surface area contributed by atoms with Crippen LogP contribution >= 0.6 is 11.6 Å². The first-order valence-corrected chi connectivity index (χ1v) is 7.05. The Morgan fingerprint density at radius 3 is 2.68 bits per heavy atom. The fourth-order valence-corrected chi connectivity index (χ4v) is 2.01. The molecule has 3 nitrogen and oxygen atoms in total. The molecule has 0 spiro atoms. The maximum Gasteiger partial charge on any atom is 0.265 e. The first-order valence-electron chi connectivity index (χ1n) is 6.67. The summed E-state index contributed by atoms with van der Waals surface area (Å²) in [5, 5.41) is 2.87. The van der Waals surface area contributed by atoms with Gasteiger partial charge in [-0.1, -0.05) is 24.6 Å². The van der Waals surface area contributed by atoms with Crippen LogP contribution in [-0.2, 0) is 4.79 Å². The van der Waals surface area contributed by atoms with E-state index in [2.05, 4.69) is 5.32 Å². The lowest BCUT2D eigenvalue weighted by molar-refractivity contribution is -0.122. The minimum absolute atomic E-state index is 0.0976. The molecule has 1 atom stereocenters. The van der Waals surface area contributed by atoms with Gasteiger partial charge in [0.15, 0.2) is 6.10 Å². The molecule has 0 saturated heterocycles. The lowest BCUT2D eigenvalue weighted by Crippen LogP contribution is -2.32. The van der Waals surface area contributed by atoms with Crippen molar-refractivity contribution in [1.82, 2.24) is 0 Å². The number of carbonyl (C=O) groups is 1. The molecular formula is C16H14ClF2NO2. The summed E-state index contributed by atoms with van der Waals surface area (Å²) in [6.45, 7) is 1.76. The molecule has 0 saturated carbocycles. The van der Waals surface area contributed by atoms with Crippen LogP contribution in [0.4, 0.5) is 14.5 Å². The molecule has 0 aromatic heterocycles. The highest BCUT2D eigenvalue weighted by atomic mass is 35.5. The van der Waals surface area contributed by atoms with Gasteiger partial charge in [-0.05, 0) is 36.8 Å². The Morgan fingerprint density at radius 2 is 2.05 bits per heavy atom. The predicted octanol–water partition coefficient (Wildman–Crippen LogP) is 4.41. The maximum absolute atomic E-state index is 13.5. The van der Waals surface area contributed by atoms with Crippen LogP contribution in [0.2, 0.25) is 5.02 Å². The third kappa shape index (κ3) is 4.18. The Bertz CT molecular complexity index is 679. The largest absolute Gasteiger partial charge is 0.481 e. The number of benzene rings is 2. The van der Waals surface area contributed by atoms with E-state index in [1.807, 2.05) is 0 Å². The topological polar surface area (TPSA) is 38.3 Å². The van der Waals surface area contributed by atoms with Crippen LogP contribution in [0.3, 0.4) is 0 Å². The fourth-order valence-electron chi connectivity index (χ4n) is 1.83. The zero-order valence-corrected chi connectivity index (χ0v) is 12.5. The van der Waals surface area contributed by atoms with Crippen molar-refractivity contribution in [3.05, 3.63) is 59.1 Å². The summed E-state index contributed by atoms with van der Waals surface area (Å²) in [5.74, 6) is -1.63. The number of halogens is 3. The summed E-state index contributed by atoms with van der Waals surface area (Å²) in [6.07, 6.45) is -0.441. The van der Waals surface area contributed by atoms with Gasteiger partial charge in [-0.2, -0.15) is 0 Å². The van der Waals surface area contributed by atoms with Crippen molar-refractivity contribution in [3.63, 3.8) is 0 Å². The monoisotopic (exact) mass is 325 g/mol. The van der Waals surface area contributed by atoms with E-state index in [1.165, 1.54) is 0 Å². The van der Waals surface area contributed by atoms with Gasteiger partial charge in [0.1, 0.15) is 17.4 Å². The quantitative estimate of drug-likeness (QED) is 0.884. The minimum atomic E-state index is -0.842. The fraction of sp³-hybridized carbons (Fsp3) is 0.188. The molecule has 6 heteroatoms. The summed E-state index contributed by atoms with van der Waals surface area (Å²) in [5.41, 5.74) is -0.0976. The van der Waals surface area contributed by atoms with E-state index < -0.39 is 23.6 Å². The van der Waals surface area contributed by atoms with Gasteiger partial charge in [-0.25, -0.2) is 8.78 Å². The first-order chi connectivity index (χ1) is 10.5. The normalized spacial score (nSPS) is 11.8. The molecular weight excluding hydrogens is 312 g/mol. The van der Waals surface area contributed by atoms with E-state index >= 15 is 0 Å². The summed E-state index contributed by atoms with van der Waals surface area (Å²) in [6, 6.07) is 9.56. The van der Waals surface area contributed by atoms with Crippen molar-refractivity contribution >= 4 is 23.2 Å². The molecule has 0 aliphatic heterocycles. The van der Waals surface area contributed by atoms with Crippen molar-refractivity contribution in [2.24, 2.45) is 0 Å². The zero-order valence-electron chi connectivity index (χ0n) is 11.8. The Hall–Kier alpha value is -2.14. The molecule has 116 valence electrons. The first kappa shape index (κ1) is 16.2. The van der Waals surface area contributed by atoms with E-state index in [-0.39, 0.29) is 5.69 Å². The van der Waals surface area contributed by atoms with Gasteiger partial charge < -0.3 is 10.1 Å². The van der Waals surface area contributed by atoms with Gasteiger partial charge in [-0.15, -0.1) is 0 Å². The number of anilines is 1. The molecule has 0 fully saturated rings. The van der Waals surface area contributed by atoms with Gasteiger partial charge in [0.05, 0.1) is 5.69 Å². The van der Waals surface area contributed by atoms with E-state index in [0.29, 0.717) is 23.3 Å². The van der Waals surface area contributed by atoms with Gasteiger partial charge in [0, 0.05) is 11.1 Å². The molecule has 22 heavy (non-hydrogen) atoms. The molecule has 1 unspecified atom stereocenters. The third-order valence-electron chi connectivity index (χ3n) is 2.93. The second-order valence-electron chi connectivity index (χ2n) is 4.59. The number of carbonyl (C=O) groups excluding carboxylic acids is 1. The molecule has 1 amide bonds. The van der Waals surface area contributed by atoms with E-state index in [9.17, 15) is 13.6 Å². The zero-order chi connectivity index (χ0) is 16.1. The molecule has 2 rings (SSSR count). The predicted molar refractivity (Wildman–Crippen MR) is 81.1 cm³/mol. The minimum Gasteiger partial charge on any atom is -0.481 e. The lowest BCUT2D eigenvalue weighted by atomic mass is 10.2. The Balaban J connectivity index is 2.08. The summed E-state index contributed by atoms with van der Waals surface area (Å²) < 4.78 is 31.9. The number of amides is 1. The molecule has 0 aliphatic rings. The van der Waals surface area contributed by atoms with Crippen LogP contribution in [0.25, 0.3) is 0 Å². The molecule has 2 aromatic rings. The number of ether oxygens (including phenoxy) is 1. The summed E-state index contributed by atoms with van der Waals surface area (Å²) >= 11 is 5.85. The Labute approximate surface area is 131 Å². The van der Waals surface area contributed by atoms with Crippen molar-refractivity contribution in [2.75, 3.05) is 5.32 Å². The summed E-state index contributed by atoms with van der Waals surface area (Å²) in [7, 11) is 0. The average molecular weight is 326 g/mol. The highest BCUT2D eigenvalue weighted by molar-refractivity contribution is 6.30. The van der Waals surface area contributed by atoms with Crippen molar-refractivity contribution in [3.8, 4) is 5.75 Å². The number of nitrogens with one attached hydrogen (secondary N) is 1. The van der Waals surface area contributed by atoms with Gasteiger partial charge >= 0.3 is 0 Å². The highest BCUT2D eigenvalue weighted by Gasteiger charge is 2.20. The molecule has 2 aromatic carbocycles. The van der Waals surface area contributed by atoms with Gasteiger partial charge in [0.25, 0.3) is 5.91 Å².